The minimum Gasteiger partial charge on any atom is -0.442 e. The van der Waals surface area contributed by atoms with Crippen molar-refractivity contribution in [1.82, 2.24) is 10.6 Å². The van der Waals surface area contributed by atoms with Crippen LogP contribution in [-0.2, 0) is 14.3 Å². The quantitative estimate of drug-likeness (QED) is 0.513. The van der Waals surface area contributed by atoms with Gasteiger partial charge >= 0.3 is 6.09 Å². The van der Waals surface area contributed by atoms with E-state index < -0.39 is 18.0 Å². The molecule has 0 radical (unpaired) electrons. The number of aliphatic hydroxyl groups excluding tert-OH is 1. The zero-order valence-electron chi connectivity index (χ0n) is 17.3. The summed E-state index contributed by atoms with van der Waals surface area (Å²) in [7, 11) is 0. The lowest BCUT2D eigenvalue weighted by Crippen LogP contribution is -2.33. The van der Waals surface area contributed by atoms with Crippen molar-refractivity contribution in [2.24, 2.45) is 17.8 Å². The number of amides is 3. The molecule has 2 saturated heterocycles. The fourth-order valence-corrected chi connectivity index (χ4v) is 4.54. The zero-order chi connectivity index (χ0) is 22.1. The van der Waals surface area contributed by atoms with E-state index in [1.807, 2.05) is 4.90 Å². The third kappa shape index (κ3) is 4.43. The highest BCUT2D eigenvalue weighted by Gasteiger charge is 2.59. The molecule has 2 aliphatic heterocycles. The van der Waals surface area contributed by atoms with E-state index in [-0.39, 0.29) is 49.3 Å². The van der Waals surface area contributed by atoms with Gasteiger partial charge in [0.25, 0.3) is 0 Å². The molecule has 2 heterocycles. The molecule has 1 saturated carbocycles. The summed E-state index contributed by atoms with van der Waals surface area (Å²) in [5.41, 5.74) is 0.861. The van der Waals surface area contributed by atoms with Crippen LogP contribution in [0.5, 0.6) is 0 Å². The fourth-order valence-electron chi connectivity index (χ4n) is 4.54. The smallest absolute Gasteiger partial charge is 0.414 e. The first-order chi connectivity index (χ1) is 14.9. The Kier molecular flexibility index (Phi) is 5.99. The largest absolute Gasteiger partial charge is 0.442 e. The van der Waals surface area contributed by atoms with Crippen LogP contribution in [0, 0.1) is 23.6 Å². The second-order valence-electron chi connectivity index (χ2n) is 8.32. The normalized spacial score (nSPS) is 26.5. The number of hydrogen-bond donors (Lipinski definition) is 3. The molecule has 4 atom stereocenters. The van der Waals surface area contributed by atoms with Crippen molar-refractivity contribution in [3.05, 3.63) is 24.0 Å². The maximum atomic E-state index is 14.9. The molecule has 9 nitrogen and oxygen atoms in total. The minimum atomic E-state index is -0.569. The van der Waals surface area contributed by atoms with Gasteiger partial charge in [0, 0.05) is 39.1 Å². The SMILES string of the molecule is CC(=O)NC[C@H]1CN(c2ccc(N3C[C@@H]4C(C(=O)NCCCO)[C@@H]4C3)c(F)c2)C(=O)O1. The molecule has 1 aromatic carbocycles. The summed E-state index contributed by atoms with van der Waals surface area (Å²) in [6.07, 6.45) is -0.513. The number of anilines is 2. The number of nitrogens with zero attached hydrogens (tertiary/aromatic N) is 2. The Morgan fingerprint density at radius 1 is 1.23 bits per heavy atom. The summed E-state index contributed by atoms with van der Waals surface area (Å²) in [5, 5.41) is 14.3. The minimum absolute atomic E-state index is 0.0142. The highest BCUT2D eigenvalue weighted by Crippen LogP contribution is 2.53. The number of ether oxygens (including phenoxy) is 1. The monoisotopic (exact) mass is 434 g/mol. The zero-order valence-corrected chi connectivity index (χ0v) is 17.3. The number of hydrogen-bond acceptors (Lipinski definition) is 6. The Balaban J connectivity index is 1.33. The average molecular weight is 434 g/mol. The topological polar surface area (TPSA) is 111 Å². The van der Waals surface area contributed by atoms with Gasteiger partial charge in [-0.1, -0.05) is 0 Å². The van der Waals surface area contributed by atoms with E-state index in [1.54, 1.807) is 12.1 Å². The number of halogens is 1. The second-order valence-corrected chi connectivity index (χ2v) is 8.32. The number of rotatable bonds is 8. The molecule has 3 aliphatic rings. The number of piperidine rings is 1. The summed E-state index contributed by atoms with van der Waals surface area (Å²) in [6, 6.07) is 4.66. The number of nitrogens with one attached hydrogen (secondary N) is 2. The van der Waals surface area contributed by atoms with E-state index in [0.29, 0.717) is 37.4 Å². The van der Waals surface area contributed by atoms with Gasteiger partial charge < -0.3 is 25.4 Å². The number of benzene rings is 1. The maximum absolute atomic E-state index is 14.9. The summed E-state index contributed by atoms with van der Waals surface area (Å²) < 4.78 is 20.1. The fraction of sp³-hybridized carbons (Fsp3) is 0.571. The van der Waals surface area contributed by atoms with Crippen molar-refractivity contribution in [2.45, 2.75) is 19.4 Å². The molecule has 0 aromatic heterocycles. The second kappa shape index (κ2) is 8.70. The van der Waals surface area contributed by atoms with Crippen LogP contribution < -0.4 is 20.4 Å². The van der Waals surface area contributed by atoms with Crippen LogP contribution in [0.15, 0.2) is 18.2 Å². The first-order valence-corrected chi connectivity index (χ1v) is 10.5. The van der Waals surface area contributed by atoms with Gasteiger partial charge in [-0.05, 0) is 36.5 Å². The molecule has 0 spiro atoms. The standard InChI is InChI=1S/C21H27FN4O5/c1-12(28)24-8-14-9-26(21(30)31-14)13-3-4-18(17(22)7-13)25-10-15-16(11-25)19(15)20(29)23-5-2-6-27/h3-4,7,14-16,19,27H,2,5-6,8-11H2,1H3,(H,23,29)(H,24,28)/t14-,15-,16+,19?/m0/s1. The van der Waals surface area contributed by atoms with E-state index in [0.717, 1.165) is 0 Å². The molecule has 4 rings (SSSR count). The number of aliphatic hydroxyl groups is 1. The number of carbonyl (C=O) groups excluding carboxylic acids is 3. The van der Waals surface area contributed by atoms with Crippen molar-refractivity contribution < 1.29 is 28.6 Å². The van der Waals surface area contributed by atoms with Gasteiger partial charge in [0.2, 0.25) is 11.8 Å². The van der Waals surface area contributed by atoms with Gasteiger partial charge in [-0.2, -0.15) is 0 Å². The lowest BCUT2D eigenvalue weighted by atomic mass is 10.2. The predicted octanol–water partition coefficient (Wildman–Crippen LogP) is 0.468. The Morgan fingerprint density at radius 3 is 2.61 bits per heavy atom. The van der Waals surface area contributed by atoms with E-state index in [9.17, 15) is 18.8 Å². The molecule has 0 bridgehead atoms. The van der Waals surface area contributed by atoms with E-state index >= 15 is 0 Å². The molecule has 10 heteroatoms. The van der Waals surface area contributed by atoms with Gasteiger partial charge in [0.05, 0.1) is 24.5 Å². The summed E-state index contributed by atoms with van der Waals surface area (Å²) in [4.78, 5) is 38.6. The van der Waals surface area contributed by atoms with Crippen LogP contribution in [0.1, 0.15) is 13.3 Å². The van der Waals surface area contributed by atoms with Crippen molar-refractivity contribution in [2.75, 3.05) is 49.1 Å². The number of cyclic esters (lactones) is 1. The van der Waals surface area contributed by atoms with E-state index in [1.165, 1.54) is 17.9 Å². The summed E-state index contributed by atoms with van der Waals surface area (Å²) in [6.45, 7) is 3.58. The third-order valence-electron chi connectivity index (χ3n) is 6.17. The van der Waals surface area contributed by atoms with E-state index in [4.69, 9.17) is 9.84 Å². The summed E-state index contributed by atoms with van der Waals surface area (Å²) >= 11 is 0. The molecule has 3 N–H and O–H groups in total. The van der Waals surface area contributed by atoms with Crippen molar-refractivity contribution in [3.63, 3.8) is 0 Å². The maximum Gasteiger partial charge on any atom is 0.414 e. The molecule has 1 aliphatic carbocycles. The predicted molar refractivity (Wildman–Crippen MR) is 110 cm³/mol. The molecule has 31 heavy (non-hydrogen) atoms. The lowest BCUT2D eigenvalue weighted by Gasteiger charge is -2.23. The van der Waals surface area contributed by atoms with Crippen LogP contribution in [0.25, 0.3) is 0 Å². The van der Waals surface area contributed by atoms with Gasteiger partial charge in [-0.25, -0.2) is 9.18 Å². The molecular weight excluding hydrogens is 407 g/mol. The van der Waals surface area contributed by atoms with Gasteiger partial charge in [-0.3, -0.25) is 14.5 Å². The Bertz CT molecular complexity index is 869. The Hall–Kier alpha value is -2.88. The first kappa shape index (κ1) is 21.4. The van der Waals surface area contributed by atoms with Crippen LogP contribution in [-0.4, -0.2) is 68.4 Å². The Labute approximate surface area is 179 Å². The third-order valence-corrected chi connectivity index (χ3v) is 6.17. The average Bonchev–Trinajstić information content (AvgIpc) is 3.05. The van der Waals surface area contributed by atoms with Crippen LogP contribution in [0.4, 0.5) is 20.6 Å². The van der Waals surface area contributed by atoms with Gasteiger partial charge in [0.1, 0.15) is 11.9 Å². The Morgan fingerprint density at radius 2 is 1.97 bits per heavy atom. The molecule has 3 amide bonds. The highest BCUT2D eigenvalue weighted by molar-refractivity contribution is 5.90. The molecular formula is C21H27FN4O5. The lowest BCUT2D eigenvalue weighted by molar-refractivity contribution is -0.123. The summed E-state index contributed by atoms with van der Waals surface area (Å²) in [5.74, 6) is -0.218. The number of fused-ring (bicyclic) bond motifs is 1. The van der Waals surface area contributed by atoms with Crippen LogP contribution in [0.2, 0.25) is 0 Å². The molecule has 1 unspecified atom stereocenters. The molecule has 1 aromatic rings. The first-order valence-electron chi connectivity index (χ1n) is 10.5. The van der Waals surface area contributed by atoms with Crippen LogP contribution in [0.3, 0.4) is 0 Å². The highest BCUT2D eigenvalue weighted by atomic mass is 19.1. The van der Waals surface area contributed by atoms with Crippen molar-refractivity contribution in [3.8, 4) is 0 Å². The van der Waals surface area contributed by atoms with E-state index in [2.05, 4.69) is 10.6 Å². The van der Waals surface area contributed by atoms with Gasteiger partial charge in [-0.15, -0.1) is 0 Å². The van der Waals surface area contributed by atoms with Crippen LogP contribution >= 0.6 is 0 Å². The molecule has 168 valence electrons. The van der Waals surface area contributed by atoms with Crippen molar-refractivity contribution in [1.29, 1.82) is 0 Å². The van der Waals surface area contributed by atoms with Crippen molar-refractivity contribution >= 4 is 29.3 Å². The molecule has 3 fully saturated rings. The number of carbonyl (C=O) groups is 3. The van der Waals surface area contributed by atoms with Gasteiger partial charge in [0.15, 0.2) is 0 Å².